The second-order valence-electron chi connectivity index (χ2n) is 7.69. The maximum Gasteiger partial charge on any atom is 0.387 e. The van der Waals surface area contributed by atoms with E-state index in [4.69, 9.17) is 4.74 Å². The molecule has 1 aliphatic carbocycles. The van der Waals surface area contributed by atoms with Gasteiger partial charge in [-0.3, -0.25) is 4.90 Å². The van der Waals surface area contributed by atoms with Crippen LogP contribution in [0.3, 0.4) is 0 Å². The predicted molar refractivity (Wildman–Crippen MR) is 97.9 cm³/mol. The topological polar surface area (TPSA) is 43.2 Å². The summed E-state index contributed by atoms with van der Waals surface area (Å²) in [5.74, 6) is 2.90. The molecule has 7 heteroatoms. The molecule has 4 rings (SSSR count). The van der Waals surface area contributed by atoms with Crippen LogP contribution in [0.25, 0.3) is 0 Å². The SMILES string of the molecule is Cc1ccc(OC(F)F)c(CN2CCn3c(C4CCCC4)nnc3C2C)c1. The molecule has 1 unspecified atom stereocenters. The molecular formula is C20H26F2N4O. The molecule has 146 valence electrons. The molecule has 1 aromatic heterocycles. The highest BCUT2D eigenvalue weighted by Gasteiger charge is 2.32. The number of hydrogen-bond acceptors (Lipinski definition) is 4. The Morgan fingerprint density at radius 3 is 2.63 bits per heavy atom. The van der Waals surface area contributed by atoms with Crippen LogP contribution in [0, 0.1) is 6.92 Å². The summed E-state index contributed by atoms with van der Waals surface area (Å²) in [5.41, 5.74) is 1.81. The van der Waals surface area contributed by atoms with Gasteiger partial charge in [0.25, 0.3) is 0 Å². The first-order valence-corrected chi connectivity index (χ1v) is 9.74. The van der Waals surface area contributed by atoms with Gasteiger partial charge in [0, 0.05) is 31.1 Å². The molecule has 0 radical (unpaired) electrons. The molecule has 2 heterocycles. The van der Waals surface area contributed by atoms with Crippen LogP contribution in [-0.2, 0) is 13.1 Å². The Bertz CT molecular complexity index is 801. The van der Waals surface area contributed by atoms with Crippen molar-refractivity contribution in [3.05, 3.63) is 41.0 Å². The first-order valence-electron chi connectivity index (χ1n) is 9.74. The van der Waals surface area contributed by atoms with E-state index >= 15 is 0 Å². The highest BCUT2D eigenvalue weighted by Crippen LogP contribution is 2.36. The van der Waals surface area contributed by atoms with E-state index in [-0.39, 0.29) is 11.8 Å². The van der Waals surface area contributed by atoms with Gasteiger partial charge >= 0.3 is 6.61 Å². The zero-order valence-corrected chi connectivity index (χ0v) is 15.9. The van der Waals surface area contributed by atoms with E-state index in [1.807, 2.05) is 13.0 Å². The number of rotatable bonds is 5. The van der Waals surface area contributed by atoms with Crippen molar-refractivity contribution < 1.29 is 13.5 Å². The second kappa shape index (κ2) is 7.54. The van der Waals surface area contributed by atoms with Crippen molar-refractivity contribution in [2.45, 2.75) is 71.2 Å². The Morgan fingerprint density at radius 2 is 1.89 bits per heavy atom. The summed E-state index contributed by atoms with van der Waals surface area (Å²) >= 11 is 0. The Morgan fingerprint density at radius 1 is 1.15 bits per heavy atom. The Balaban J connectivity index is 1.55. The lowest BCUT2D eigenvalue weighted by Gasteiger charge is -2.34. The van der Waals surface area contributed by atoms with Crippen LogP contribution in [0.4, 0.5) is 8.78 Å². The van der Waals surface area contributed by atoms with Crippen molar-refractivity contribution in [2.24, 2.45) is 0 Å². The number of fused-ring (bicyclic) bond motifs is 1. The summed E-state index contributed by atoms with van der Waals surface area (Å²) < 4.78 is 32.5. The molecule has 2 aromatic rings. The van der Waals surface area contributed by atoms with E-state index in [2.05, 4.69) is 26.6 Å². The van der Waals surface area contributed by atoms with Gasteiger partial charge in [0.2, 0.25) is 0 Å². The highest BCUT2D eigenvalue weighted by molar-refractivity contribution is 5.37. The van der Waals surface area contributed by atoms with Crippen molar-refractivity contribution in [3.63, 3.8) is 0 Å². The number of ether oxygens (including phenoxy) is 1. The van der Waals surface area contributed by atoms with E-state index in [9.17, 15) is 8.78 Å². The van der Waals surface area contributed by atoms with E-state index in [1.54, 1.807) is 12.1 Å². The summed E-state index contributed by atoms with van der Waals surface area (Å²) in [7, 11) is 0. The Hall–Kier alpha value is -2.02. The van der Waals surface area contributed by atoms with E-state index in [1.165, 1.54) is 25.7 Å². The predicted octanol–water partition coefficient (Wildman–Crippen LogP) is 4.42. The number of halogens is 2. The fourth-order valence-electron chi connectivity index (χ4n) is 4.41. The van der Waals surface area contributed by atoms with Gasteiger partial charge in [0.15, 0.2) is 0 Å². The van der Waals surface area contributed by atoms with Crippen LogP contribution in [-0.4, -0.2) is 32.8 Å². The lowest BCUT2D eigenvalue weighted by atomic mass is 10.1. The van der Waals surface area contributed by atoms with E-state index in [0.29, 0.717) is 12.5 Å². The number of aryl methyl sites for hydroxylation is 1. The van der Waals surface area contributed by atoms with Gasteiger partial charge in [-0.15, -0.1) is 10.2 Å². The van der Waals surface area contributed by atoms with Crippen molar-refractivity contribution in [2.75, 3.05) is 6.54 Å². The molecule has 1 saturated carbocycles. The largest absolute Gasteiger partial charge is 0.434 e. The summed E-state index contributed by atoms with van der Waals surface area (Å²) in [4.78, 5) is 2.26. The highest BCUT2D eigenvalue weighted by atomic mass is 19.3. The van der Waals surface area contributed by atoms with Crippen molar-refractivity contribution in [1.82, 2.24) is 19.7 Å². The van der Waals surface area contributed by atoms with Crippen LogP contribution < -0.4 is 4.74 Å². The molecular weight excluding hydrogens is 350 g/mol. The van der Waals surface area contributed by atoms with Crippen molar-refractivity contribution in [1.29, 1.82) is 0 Å². The van der Waals surface area contributed by atoms with E-state index < -0.39 is 6.61 Å². The first kappa shape index (κ1) is 18.3. The molecule has 0 saturated heterocycles. The number of hydrogen-bond donors (Lipinski definition) is 0. The second-order valence-corrected chi connectivity index (χ2v) is 7.69. The third-order valence-corrected chi connectivity index (χ3v) is 5.87. The summed E-state index contributed by atoms with van der Waals surface area (Å²) in [6.45, 7) is 3.49. The molecule has 2 aliphatic rings. The van der Waals surface area contributed by atoms with Gasteiger partial charge in [-0.1, -0.05) is 30.5 Å². The third kappa shape index (κ3) is 3.70. The van der Waals surface area contributed by atoms with Crippen molar-refractivity contribution >= 4 is 0 Å². The molecule has 1 fully saturated rings. The number of aromatic nitrogens is 3. The zero-order valence-electron chi connectivity index (χ0n) is 15.9. The van der Waals surface area contributed by atoms with Crippen LogP contribution in [0.2, 0.25) is 0 Å². The van der Waals surface area contributed by atoms with Crippen LogP contribution in [0.1, 0.15) is 67.3 Å². The smallest absolute Gasteiger partial charge is 0.387 e. The van der Waals surface area contributed by atoms with E-state index in [0.717, 1.165) is 35.9 Å². The fourth-order valence-corrected chi connectivity index (χ4v) is 4.41. The molecule has 27 heavy (non-hydrogen) atoms. The van der Waals surface area contributed by atoms with Gasteiger partial charge in [0.1, 0.15) is 17.4 Å². The molecule has 0 N–H and O–H groups in total. The lowest BCUT2D eigenvalue weighted by molar-refractivity contribution is -0.0509. The molecule has 0 spiro atoms. The zero-order chi connectivity index (χ0) is 19.0. The van der Waals surface area contributed by atoms with Gasteiger partial charge in [-0.25, -0.2) is 0 Å². The maximum absolute atomic E-state index is 12.7. The number of alkyl halides is 2. The fraction of sp³-hybridized carbons (Fsp3) is 0.600. The van der Waals surface area contributed by atoms with Crippen molar-refractivity contribution in [3.8, 4) is 5.75 Å². The molecule has 0 amide bonds. The molecule has 1 aromatic carbocycles. The summed E-state index contributed by atoms with van der Waals surface area (Å²) in [6, 6.07) is 5.44. The number of nitrogens with zero attached hydrogens (tertiary/aromatic N) is 4. The standard InChI is InChI=1S/C20H26F2N4O/c1-13-7-8-17(27-20(21)22)16(11-13)12-25-9-10-26-18(14(25)2)23-24-19(26)15-5-3-4-6-15/h7-8,11,14-15,20H,3-6,9-10,12H2,1-2H3. The molecule has 0 bridgehead atoms. The average Bonchev–Trinajstić information content (AvgIpc) is 3.28. The normalized spacial score (nSPS) is 21.0. The monoisotopic (exact) mass is 376 g/mol. The minimum Gasteiger partial charge on any atom is -0.434 e. The lowest BCUT2D eigenvalue weighted by Crippen LogP contribution is -2.37. The van der Waals surface area contributed by atoms with Gasteiger partial charge in [0.05, 0.1) is 6.04 Å². The Kier molecular flexibility index (Phi) is 5.12. The van der Waals surface area contributed by atoms with Gasteiger partial charge < -0.3 is 9.30 Å². The molecule has 5 nitrogen and oxygen atoms in total. The summed E-state index contributed by atoms with van der Waals surface area (Å²) in [5, 5.41) is 8.99. The van der Waals surface area contributed by atoms with Crippen LogP contribution in [0.5, 0.6) is 5.75 Å². The third-order valence-electron chi connectivity index (χ3n) is 5.87. The number of benzene rings is 1. The average molecular weight is 376 g/mol. The molecule has 1 aliphatic heterocycles. The minimum atomic E-state index is -2.82. The summed E-state index contributed by atoms with van der Waals surface area (Å²) in [6.07, 6.45) is 4.95. The van der Waals surface area contributed by atoms with Gasteiger partial charge in [-0.2, -0.15) is 8.78 Å². The quantitative estimate of drug-likeness (QED) is 0.775. The molecule has 1 atom stereocenters. The minimum absolute atomic E-state index is 0.0846. The van der Waals surface area contributed by atoms with Crippen LogP contribution >= 0.6 is 0 Å². The first-order chi connectivity index (χ1) is 13.0. The van der Waals surface area contributed by atoms with Crippen LogP contribution in [0.15, 0.2) is 18.2 Å². The Labute approximate surface area is 158 Å². The van der Waals surface area contributed by atoms with Gasteiger partial charge in [-0.05, 0) is 32.8 Å². The maximum atomic E-state index is 12.7.